The maximum Gasteiger partial charge on any atom is 0.161 e. The molecule has 1 aromatic carbocycles. The van der Waals surface area contributed by atoms with Crippen molar-refractivity contribution in [3.8, 4) is 11.5 Å². The van der Waals surface area contributed by atoms with Crippen LogP contribution in [0.1, 0.15) is 17.5 Å². The molecule has 0 radical (unpaired) electrons. The Morgan fingerprint density at radius 3 is 2.33 bits per heavy atom. The first kappa shape index (κ1) is 10.3. The minimum absolute atomic E-state index is 0.288. The van der Waals surface area contributed by atoms with E-state index in [0.29, 0.717) is 0 Å². The SMILES string of the molecule is COc1cc2c(cc1OC)C[C@@H](N)CC2. The lowest BCUT2D eigenvalue weighted by atomic mass is 9.88. The van der Waals surface area contributed by atoms with Gasteiger partial charge in [-0.15, -0.1) is 0 Å². The van der Waals surface area contributed by atoms with E-state index in [2.05, 4.69) is 6.07 Å². The van der Waals surface area contributed by atoms with Crippen molar-refractivity contribution >= 4 is 0 Å². The Morgan fingerprint density at radius 2 is 1.73 bits per heavy atom. The van der Waals surface area contributed by atoms with Gasteiger partial charge in [0.2, 0.25) is 0 Å². The zero-order chi connectivity index (χ0) is 10.8. The molecule has 0 spiro atoms. The van der Waals surface area contributed by atoms with Gasteiger partial charge in [-0.1, -0.05) is 0 Å². The molecule has 2 rings (SSSR count). The third kappa shape index (κ3) is 1.92. The summed E-state index contributed by atoms with van der Waals surface area (Å²) in [6.45, 7) is 0. The minimum Gasteiger partial charge on any atom is -0.493 e. The highest BCUT2D eigenvalue weighted by atomic mass is 16.5. The molecular weight excluding hydrogens is 190 g/mol. The molecule has 2 N–H and O–H groups in total. The van der Waals surface area contributed by atoms with E-state index in [1.807, 2.05) is 6.07 Å². The van der Waals surface area contributed by atoms with Crippen molar-refractivity contribution in [2.24, 2.45) is 5.73 Å². The van der Waals surface area contributed by atoms with E-state index in [9.17, 15) is 0 Å². The zero-order valence-corrected chi connectivity index (χ0v) is 9.25. The summed E-state index contributed by atoms with van der Waals surface area (Å²) in [5, 5.41) is 0. The Labute approximate surface area is 90.2 Å². The Hall–Kier alpha value is -1.22. The average molecular weight is 207 g/mol. The van der Waals surface area contributed by atoms with E-state index in [1.165, 1.54) is 11.1 Å². The highest BCUT2D eigenvalue weighted by molar-refractivity contribution is 5.48. The van der Waals surface area contributed by atoms with Crippen molar-refractivity contribution in [3.63, 3.8) is 0 Å². The number of benzene rings is 1. The molecule has 0 unspecified atom stereocenters. The number of ether oxygens (including phenoxy) is 2. The van der Waals surface area contributed by atoms with Gasteiger partial charge in [0.1, 0.15) is 0 Å². The minimum atomic E-state index is 0.288. The van der Waals surface area contributed by atoms with Crippen LogP contribution in [0, 0.1) is 0 Å². The summed E-state index contributed by atoms with van der Waals surface area (Å²) >= 11 is 0. The lowest BCUT2D eigenvalue weighted by molar-refractivity contribution is 0.353. The molecule has 1 aromatic rings. The highest BCUT2D eigenvalue weighted by Crippen LogP contribution is 2.33. The van der Waals surface area contributed by atoms with Crippen molar-refractivity contribution < 1.29 is 9.47 Å². The first-order valence-electron chi connectivity index (χ1n) is 5.24. The maximum atomic E-state index is 5.94. The molecule has 1 aliphatic carbocycles. The second-order valence-electron chi connectivity index (χ2n) is 3.98. The van der Waals surface area contributed by atoms with Gasteiger partial charge in [0.25, 0.3) is 0 Å². The van der Waals surface area contributed by atoms with E-state index in [0.717, 1.165) is 30.8 Å². The second-order valence-corrected chi connectivity index (χ2v) is 3.98. The van der Waals surface area contributed by atoms with Crippen LogP contribution in [0.2, 0.25) is 0 Å². The van der Waals surface area contributed by atoms with E-state index in [-0.39, 0.29) is 6.04 Å². The van der Waals surface area contributed by atoms with Gasteiger partial charge in [0.05, 0.1) is 14.2 Å². The van der Waals surface area contributed by atoms with Crippen LogP contribution < -0.4 is 15.2 Å². The van der Waals surface area contributed by atoms with Crippen LogP contribution in [0.4, 0.5) is 0 Å². The van der Waals surface area contributed by atoms with Gasteiger partial charge in [-0.25, -0.2) is 0 Å². The van der Waals surface area contributed by atoms with Crippen LogP contribution in [0.5, 0.6) is 11.5 Å². The lowest BCUT2D eigenvalue weighted by Crippen LogP contribution is -2.27. The molecule has 1 aliphatic rings. The number of nitrogens with two attached hydrogens (primary N) is 1. The van der Waals surface area contributed by atoms with Crippen LogP contribution in [-0.2, 0) is 12.8 Å². The Morgan fingerprint density at radius 1 is 1.13 bits per heavy atom. The number of rotatable bonds is 2. The first-order valence-corrected chi connectivity index (χ1v) is 5.24. The van der Waals surface area contributed by atoms with Gasteiger partial charge in [0, 0.05) is 6.04 Å². The largest absolute Gasteiger partial charge is 0.493 e. The molecule has 0 amide bonds. The Balaban J connectivity index is 2.41. The molecule has 15 heavy (non-hydrogen) atoms. The third-order valence-electron chi connectivity index (χ3n) is 2.97. The molecule has 0 heterocycles. The monoisotopic (exact) mass is 207 g/mol. The number of hydrogen-bond donors (Lipinski definition) is 1. The van der Waals surface area contributed by atoms with E-state index in [4.69, 9.17) is 15.2 Å². The number of aryl methyl sites for hydroxylation is 1. The molecule has 82 valence electrons. The summed E-state index contributed by atoms with van der Waals surface area (Å²) in [4.78, 5) is 0. The van der Waals surface area contributed by atoms with Crippen molar-refractivity contribution in [2.75, 3.05) is 14.2 Å². The van der Waals surface area contributed by atoms with Gasteiger partial charge >= 0.3 is 0 Å². The summed E-state index contributed by atoms with van der Waals surface area (Å²) in [5.74, 6) is 1.61. The van der Waals surface area contributed by atoms with Crippen LogP contribution in [0.3, 0.4) is 0 Å². The van der Waals surface area contributed by atoms with Gasteiger partial charge in [-0.2, -0.15) is 0 Å². The fraction of sp³-hybridized carbons (Fsp3) is 0.500. The Bertz CT molecular complexity index is 363. The predicted molar refractivity (Wildman–Crippen MR) is 59.5 cm³/mol. The van der Waals surface area contributed by atoms with Gasteiger partial charge in [0.15, 0.2) is 11.5 Å². The predicted octanol–water partition coefficient (Wildman–Crippen LogP) is 1.52. The van der Waals surface area contributed by atoms with E-state index < -0.39 is 0 Å². The molecule has 0 aromatic heterocycles. The van der Waals surface area contributed by atoms with Crippen molar-refractivity contribution in [3.05, 3.63) is 23.3 Å². The summed E-state index contributed by atoms with van der Waals surface area (Å²) < 4.78 is 10.5. The number of methoxy groups -OCH3 is 2. The smallest absolute Gasteiger partial charge is 0.161 e. The average Bonchev–Trinajstić information content (AvgIpc) is 2.27. The summed E-state index contributed by atoms with van der Waals surface area (Å²) in [6, 6.07) is 4.41. The van der Waals surface area contributed by atoms with Crippen molar-refractivity contribution in [2.45, 2.75) is 25.3 Å². The molecule has 0 aliphatic heterocycles. The van der Waals surface area contributed by atoms with Gasteiger partial charge in [-0.3, -0.25) is 0 Å². The van der Waals surface area contributed by atoms with E-state index in [1.54, 1.807) is 14.2 Å². The number of fused-ring (bicyclic) bond motifs is 1. The molecule has 3 nitrogen and oxygen atoms in total. The second kappa shape index (κ2) is 4.11. The normalized spacial score (nSPS) is 19.5. The van der Waals surface area contributed by atoms with Crippen molar-refractivity contribution in [1.82, 2.24) is 0 Å². The Kier molecular flexibility index (Phi) is 2.82. The van der Waals surface area contributed by atoms with Gasteiger partial charge in [-0.05, 0) is 42.5 Å². The first-order chi connectivity index (χ1) is 7.24. The molecule has 0 fully saturated rings. The molecule has 0 saturated heterocycles. The summed E-state index contributed by atoms with van der Waals surface area (Å²) in [7, 11) is 3.33. The zero-order valence-electron chi connectivity index (χ0n) is 9.25. The topological polar surface area (TPSA) is 44.5 Å². The molecule has 0 bridgehead atoms. The maximum absolute atomic E-state index is 5.94. The summed E-state index contributed by atoms with van der Waals surface area (Å²) in [6.07, 6.45) is 3.04. The molecule has 0 saturated carbocycles. The fourth-order valence-corrected chi connectivity index (χ4v) is 2.11. The third-order valence-corrected chi connectivity index (χ3v) is 2.97. The van der Waals surface area contributed by atoms with Crippen LogP contribution in [-0.4, -0.2) is 20.3 Å². The standard InChI is InChI=1S/C12H17NO2/c1-14-11-6-8-3-4-10(13)5-9(8)7-12(11)15-2/h6-7,10H,3-5,13H2,1-2H3/t10-/m0/s1. The molecule has 1 atom stereocenters. The van der Waals surface area contributed by atoms with E-state index >= 15 is 0 Å². The summed E-state index contributed by atoms with van der Waals surface area (Å²) in [5.41, 5.74) is 8.58. The van der Waals surface area contributed by atoms with Crippen molar-refractivity contribution in [1.29, 1.82) is 0 Å². The fourth-order valence-electron chi connectivity index (χ4n) is 2.11. The number of hydrogen-bond acceptors (Lipinski definition) is 3. The van der Waals surface area contributed by atoms with Crippen LogP contribution >= 0.6 is 0 Å². The van der Waals surface area contributed by atoms with Crippen LogP contribution in [0.25, 0.3) is 0 Å². The van der Waals surface area contributed by atoms with Crippen LogP contribution in [0.15, 0.2) is 12.1 Å². The highest BCUT2D eigenvalue weighted by Gasteiger charge is 2.18. The quantitative estimate of drug-likeness (QED) is 0.799. The van der Waals surface area contributed by atoms with Gasteiger partial charge < -0.3 is 15.2 Å². The lowest BCUT2D eigenvalue weighted by Gasteiger charge is -2.22. The molecule has 3 heteroatoms. The molecular formula is C12H17NO2.